The van der Waals surface area contributed by atoms with Crippen molar-refractivity contribution in [1.29, 1.82) is 0 Å². The maximum Gasteiger partial charge on any atom is 0.259 e. The number of carbonyl (C=O) groups excluding carboxylic acids is 1. The number of amides is 1. The average Bonchev–Trinajstić information content (AvgIpc) is 2.81. The number of carbonyl (C=O) groups is 1. The minimum absolute atomic E-state index is 0.0771. The van der Waals surface area contributed by atoms with Crippen LogP contribution < -0.4 is 5.32 Å². The van der Waals surface area contributed by atoms with Crippen LogP contribution in [0, 0.1) is 18.6 Å². The molecule has 4 nitrogen and oxygen atoms in total. The zero-order valence-corrected chi connectivity index (χ0v) is 11.1. The molecule has 2 aromatic heterocycles. The Bertz CT molecular complexity index is 842. The van der Waals surface area contributed by atoms with Crippen LogP contribution in [0.4, 0.5) is 14.5 Å². The van der Waals surface area contributed by atoms with Gasteiger partial charge in [0.25, 0.3) is 5.91 Å². The summed E-state index contributed by atoms with van der Waals surface area (Å²) in [4.78, 5) is 16.5. The van der Waals surface area contributed by atoms with E-state index in [1.54, 1.807) is 28.9 Å². The number of imidazole rings is 1. The summed E-state index contributed by atoms with van der Waals surface area (Å²) in [6.07, 6.45) is 3.55. The van der Waals surface area contributed by atoms with Gasteiger partial charge in [0.1, 0.15) is 17.3 Å². The van der Waals surface area contributed by atoms with Crippen molar-refractivity contribution in [2.24, 2.45) is 0 Å². The smallest absolute Gasteiger partial charge is 0.259 e. The Hall–Kier alpha value is -2.76. The first-order chi connectivity index (χ1) is 10.0. The quantitative estimate of drug-likeness (QED) is 0.787. The summed E-state index contributed by atoms with van der Waals surface area (Å²) >= 11 is 0. The predicted octanol–water partition coefficient (Wildman–Crippen LogP) is 3.17. The van der Waals surface area contributed by atoms with Crippen LogP contribution in [0.15, 0.2) is 42.7 Å². The summed E-state index contributed by atoms with van der Waals surface area (Å²) in [6, 6.07) is 6.27. The standard InChI is InChI=1S/C15H11F2N3O/c1-9-8-20-6-2-3-11(14(20)18-9)15(21)19-13-5-4-10(16)7-12(13)17/h2-8H,1H3,(H,19,21). The summed E-state index contributed by atoms with van der Waals surface area (Å²) in [5, 5.41) is 2.42. The van der Waals surface area contributed by atoms with Crippen molar-refractivity contribution in [2.75, 3.05) is 5.32 Å². The Balaban J connectivity index is 1.97. The van der Waals surface area contributed by atoms with Gasteiger partial charge in [0.15, 0.2) is 0 Å². The van der Waals surface area contributed by atoms with E-state index in [-0.39, 0.29) is 5.69 Å². The van der Waals surface area contributed by atoms with Crippen molar-refractivity contribution < 1.29 is 13.6 Å². The molecule has 106 valence electrons. The highest BCUT2D eigenvalue weighted by molar-refractivity contribution is 6.08. The maximum absolute atomic E-state index is 13.6. The topological polar surface area (TPSA) is 46.4 Å². The number of pyridine rings is 1. The molecular formula is C15H11F2N3O. The number of nitrogens with zero attached hydrogens (tertiary/aromatic N) is 2. The van der Waals surface area contributed by atoms with Crippen LogP contribution in [-0.2, 0) is 0 Å². The van der Waals surface area contributed by atoms with E-state index in [0.717, 1.165) is 17.8 Å². The fraction of sp³-hybridized carbons (Fsp3) is 0.0667. The summed E-state index contributed by atoms with van der Waals surface area (Å²) < 4.78 is 28.1. The fourth-order valence-electron chi connectivity index (χ4n) is 2.09. The number of fused-ring (bicyclic) bond motifs is 1. The van der Waals surface area contributed by atoms with Crippen LogP contribution in [-0.4, -0.2) is 15.3 Å². The van der Waals surface area contributed by atoms with Crippen LogP contribution in [0.5, 0.6) is 0 Å². The number of anilines is 1. The summed E-state index contributed by atoms with van der Waals surface area (Å²) in [5.41, 5.74) is 1.49. The van der Waals surface area contributed by atoms with Crippen LogP contribution in [0.2, 0.25) is 0 Å². The van der Waals surface area contributed by atoms with Gasteiger partial charge in [-0.25, -0.2) is 13.8 Å². The molecule has 0 atom stereocenters. The number of nitrogens with one attached hydrogen (secondary N) is 1. The molecule has 0 spiro atoms. The van der Waals surface area contributed by atoms with E-state index in [1.165, 1.54) is 6.07 Å². The van der Waals surface area contributed by atoms with Crippen molar-refractivity contribution in [3.05, 3.63) is 65.6 Å². The molecule has 0 radical (unpaired) electrons. The highest BCUT2D eigenvalue weighted by Gasteiger charge is 2.14. The van der Waals surface area contributed by atoms with Gasteiger partial charge in [-0.15, -0.1) is 0 Å². The van der Waals surface area contributed by atoms with E-state index >= 15 is 0 Å². The molecule has 1 amide bonds. The van der Waals surface area contributed by atoms with E-state index in [1.807, 2.05) is 6.92 Å². The molecule has 0 aliphatic heterocycles. The fourth-order valence-corrected chi connectivity index (χ4v) is 2.09. The lowest BCUT2D eigenvalue weighted by Gasteiger charge is -2.07. The predicted molar refractivity (Wildman–Crippen MR) is 74.2 cm³/mol. The van der Waals surface area contributed by atoms with Gasteiger partial charge in [-0.1, -0.05) is 0 Å². The highest BCUT2D eigenvalue weighted by Crippen LogP contribution is 2.18. The largest absolute Gasteiger partial charge is 0.319 e. The number of hydrogen-bond acceptors (Lipinski definition) is 2. The van der Waals surface area contributed by atoms with Crippen molar-refractivity contribution in [3.8, 4) is 0 Å². The van der Waals surface area contributed by atoms with Gasteiger partial charge in [-0.3, -0.25) is 4.79 Å². The van der Waals surface area contributed by atoms with E-state index in [0.29, 0.717) is 11.2 Å². The molecule has 1 N–H and O–H groups in total. The van der Waals surface area contributed by atoms with E-state index in [9.17, 15) is 13.6 Å². The molecule has 0 saturated carbocycles. The third-order valence-corrected chi connectivity index (χ3v) is 3.03. The Morgan fingerprint density at radius 1 is 1.29 bits per heavy atom. The first-order valence-corrected chi connectivity index (χ1v) is 6.25. The summed E-state index contributed by atoms with van der Waals surface area (Å²) in [6.45, 7) is 1.81. The van der Waals surface area contributed by atoms with Gasteiger partial charge in [0, 0.05) is 18.5 Å². The zero-order chi connectivity index (χ0) is 15.0. The molecule has 21 heavy (non-hydrogen) atoms. The van der Waals surface area contributed by atoms with Crippen LogP contribution in [0.3, 0.4) is 0 Å². The first-order valence-electron chi connectivity index (χ1n) is 6.25. The molecule has 3 rings (SSSR count). The highest BCUT2D eigenvalue weighted by atomic mass is 19.1. The number of halogens is 2. The second-order valence-corrected chi connectivity index (χ2v) is 4.61. The molecule has 1 aromatic carbocycles. The number of aromatic nitrogens is 2. The normalized spacial score (nSPS) is 10.8. The molecule has 2 heterocycles. The van der Waals surface area contributed by atoms with Crippen molar-refractivity contribution in [2.45, 2.75) is 6.92 Å². The Morgan fingerprint density at radius 3 is 2.86 bits per heavy atom. The van der Waals surface area contributed by atoms with Crippen LogP contribution in [0.1, 0.15) is 16.1 Å². The second-order valence-electron chi connectivity index (χ2n) is 4.61. The van der Waals surface area contributed by atoms with Gasteiger partial charge in [-0.2, -0.15) is 0 Å². The molecule has 0 saturated heterocycles. The van der Waals surface area contributed by atoms with Gasteiger partial charge in [0.05, 0.1) is 16.9 Å². The summed E-state index contributed by atoms with van der Waals surface area (Å²) in [7, 11) is 0. The molecule has 0 unspecified atom stereocenters. The van der Waals surface area contributed by atoms with Gasteiger partial charge < -0.3 is 9.72 Å². The van der Waals surface area contributed by atoms with Gasteiger partial charge in [0.2, 0.25) is 0 Å². The maximum atomic E-state index is 13.6. The summed E-state index contributed by atoms with van der Waals surface area (Å²) in [5.74, 6) is -2.02. The zero-order valence-electron chi connectivity index (χ0n) is 11.1. The Morgan fingerprint density at radius 2 is 2.10 bits per heavy atom. The average molecular weight is 287 g/mol. The van der Waals surface area contributed by atoms with Crippen molar-refractivity contribution in [1.82, 2.24) is 9.38 Å². The second kappa shape index (κ2) is 4.97. The number of benzene rings is 1. The molecule has 0 fully saturated rings. The third-order valence-electron chi connectivity index (χ3n) is 3.03. The van der Waals surface area contributed by atoms with Gasteiger partial charge >= 0.3 is 0 Å². The number of hydrogen-bond donors (Lipinski definition) is 1. The molecule has 0 aliphatic carbocycles. The lowest BCUT2D eigenvalue weighted by atomic mass is 10.2. The molecule has 0 aliphatic rings. The van der Waals surface area contributed by atoms with E-state index in [2.05, 4.69) is 10.3 Å². The van der Waals surface area contributed by atoms with E-state index in [4.69, 9.17) is 0 Å². The van der Waals surface area contributed by atoms with Gasteiger partial charge in [-0.05, 0) is 31.2 Å². The molecule has 0 bridgehead atoms. The molecular weight excluding hydrogens is 276 g/mol. The van der Waals surface area contributed by atoms with Crippen molar-refractivity contribution >= 4 is 17.2 Å². The van der Waals surface area contributed by atoms with Crippen molar-refractivity contribution in [3.63, 3.8) is 0 Å². The first kappa shape index (κ1) is 13.2. The Kier molecular flexibility index (Phi) is 3.13. The number of rotatable bonds is 2. The van der Waals surface area contributed by atoms with Crippen LogP contribution >= 0.6 is 0 Å². The lowest BCUT2D eigenvalue weighted by molar-refractivity contribution is 0.102. The molecule has 6 heteroatoms. The third kappa shape index (κ3) is 2.47. The monoisotopic (exact) mass is 287 g/mol. The Labute approximate surface area is 119 Å². The molecule has 3 aromatic rings. The minimum Gasteiger partial charge on any atom is -0.319 e. The van der Waals surface area contributed by atoms with Crippen LogP contribution in [0.25, 0.3) is 5.65 Å². The van der Waals surface area contributed by atoms with E-state index < -0.39 is 17.5 Å². The SMILES string of the molecule is Cc1cn2cccc(C(=O)Nc3ccc(F)cc3F)c2n1. The number of aryl methyl sites for hydroxylation is 1. The minimum atomic E-state index is -0.824. The lowest BCUT2D eigenvalue weighted by Crippen LogP contribution is -2.14.